The molecule has 130 valence electrons. The molecule has 0 fully saturated rings. The Morgan fingerprint density at radius 3 is 2.88 bits per heavy atom. The molecule has 25 heavy (non-hydrogen) atoms. The fraction of sp³-hybridized carbons (Fsp3) is 0.235. The standard InChI is InChI=1S/C17H16F2N4O2/c1-23-16-13(8-21-23)12(17(24)20-9-15(18)19)7-14(22-16)10-4-3-5-11(6-10)25-2/h3-8,15H,9H2,1-2H3,(H,20,24). The number of hydrogen-bond acceptors (Lipinski definition) is 4. The molecule has 0 atom stereocenters. The van der Waals surface area contributed by atoms with E-state index in [0.29, 0.717) is 22.5 Å². The van der Waals surface area contributed by atoms with Crippen LogP contribution in [0.1, 0.15) is 10.4 Å². The SMILES string of the molecule is COc1cccc(-c2cc(C(=O)NCC(F)F)c3cnn(C)c3n2)c1. The predicted octanol–water partition coefficient (Wildman–Crippen LogP) is 2.64. The molecule has 0 saturated heterocycles. The van der Waals surface area contributed by atoms with E-state index in [-0.39, 0.29) is 5.56 Å². The minimum Gasteiger partial charge on any atom is -0.497 e. The summed E-state index contributed by atoms with van der Waals surface area (Å²) < 4.78 is 31.5. The largest absolute Gasteiger partial charge is 0.497 e. The van der Waals surface area contributed by atoms with Gasteiger partial charge >= 0.3 is 0 Å². The van der Waals surface area contributed by atoms with Gasteiger partial charge in [0.05, 0.1) is 36.5 Å². The first kappa shape index (κ1) is 16.8. The number of fused-ring (bicyclic) bond motifs is 1. The first-order chi connectivity index (χ1) is 12.0. The van der Waals surface area contributed by atoms with E-state index in [4.69, 9.17) is 4.74 Å². The zero-order valence-electron chi connectivity index (χ0n) is 13.7. The first-order valence-corrected chi connectivity index (χ1v) is 7.53. The molecule has 1 amide bonds. The highest BCUT2D eigenvalue weighted by Gasteiger charge is 2.17. The van der Waals surface area contributed by atoms with Crippen molar-refractivity contribution in [2.24, 2.45) is 7.05 Å². The summed E-state index contributed by atoms with van der Waals surface area (Å²) in [4.78, 5) is 16.9. The van der Waals surface area contributed by atoms with E-state index in [1.54, 1.807) is 38.4 Å². The molecule has 8 heteroatoms. The molecule has 2 aromatic heterocycles. The number of rotatable bonds is 5. The molecule has 1 N–H and O–H groups in total. The van der Waals surface area contributed by atoms with Crippen LogP contribution in [0.2, 0.25) is 0 Å². The van der Waals surface area contributed by atoms with Crippen LogP contribution in [0.25, 0.3) is 22.3 Å². The number of alkyl halides is 2. The van der Waals surface area contributed by atoms with Gasteiger partial charge in [-0.3, -0.25) is 9.48 Å². The number of carbonyl (C=O) groups is 1. The Kier molecular flexibility index (Phi) is 4.60. The minimum absolute atomic E-state index is 0.247. The monoisotopic (exact) mass is 346 g/mol. The van der Waals surface area contributed by atoms with Gasteiger partial charge < -0.3 is 10.1 Å². The maximum atomic E-state index is 12.4. The molecule has 2 heterocycles. The molecule has 1 aromatic carbocycles. The van der Waals surface area contributed by atoms with Crippen molar-refractivity contribution in [1.82, 2.24) is 20.1 Å². The van der Waals surface area contributed by atoms with E-state index in [0.717, 1.165) is 5.56 Å². The summed E-state index contributed by atoms with van der Waals surface area (Å²) >= 11 is 0. The van der Waals surface area contributed by atoms with Crippen LogP contribution in [0, 0.1) is 0 Å². The normalized spacial score (nSPS) is 11.1. The van der Waals surface area contributed by atoms with Gasteiger partial charge in [0.1, 0.15) is 5.75 Å². The Morgan fingerprint density at radius 2 is 2.16 bits per heavy atom. The van der Waals surface area contributed by atoms with Crippen LogP contribution in [0.15, 0.2) is 36.5 Å². The summed E-state index contributed by atoms with van der Waals surface area (Å²) in [6, 6.07) is 8.78. The van der Waals surface area contributed by atoms with Crippen molar-refractivity contribution in [1.29, 1.82) is 0 Å². The summed E-state index contributed by atoms with van der Waals surface area (Å²) in [5, 5.41) is 6.83. The van der Waals surface area contributed by atoms with Crippen molar-refractivity contribution < 1.29 is 18.3 Å². The van der Waals surface area contributed by atoms with Crippen molar-refractivity contribution >= 4 is 16.9 Å². The van der Waals surface area contributed by atoms with Gasteiger partial charge in [0.25, 0.3) is 12.3 Å². The highest BCUT2D eigenvalue weighted by Crippen LogP contribution is 2.27. The predicted molar refractivity (Wildman–Crippen MR) is 88.8 cm³/mol. The summed E-state index contributed by atoms with van der Waals surface area (Å²) in [5.41, 5.74) is 2.00. The van der Waals surface area contributed by atoms with Crippen LogP contribution in [-0.4, -0.2) is 40.8 Å². The average molecular weight is 346 g/mol. The van der Waals surface area contributed by atoms with Crippen LogP contribution in [-0.2, 0) is 7.05 Å². The molecule has 3 rings (SSSR count). The fourth-order valence-electron chi connectivity index (χ4n) is 2.50. The topological polar surface area (TPSA) is 69.0 Å². The highest BCUT2D eigenvalue weighted by molar-refractivity contribution is 6.06. The molecule has 0 saturated carbocycles. The lowest BCUT2D eigenvalue weighted by Gasteiger charge is -2.09. The molecule has 6 nitrogen and oxygen atoms in total. The van der Waals surface area contributed by atoms with Gasteiger partial charge in [0, 0.05) is 12.6 Å². The molecule has 0 spiro atoms. The molecular formula is C17H16F2N4O2. The third-order valence-corrected chi connectivity index (χ3v) is 3.73. The number of halogens is 2. The Bertz CT molecular complexity index is 924. The van der Waals surface area contributed by atoms with Gasteiger partial charge in [-0.15, -0.1) is 0 Å². The quantitative estimate of drug-likeness (QED) is 0.771. The summed E-state index contributed by atoms with van der Waals surface area (Å²) in [6.45, 7) is -0.711. The molecular weight excluding hydrogens is 330 g/mol. The number of nitrogens with one attached hydrogen (secondary N) is 1. The van der Waals surface area contributed by atoms with Crippen LogP contribution < -0.4 is 10.1 Å². The van der Waals surface area contributed by atoms with Crippen LogP contribution in [0.3, 0.4) is 0 Å². The van der Waals surface area contributed by atoms with Crippen molar-refractivity contribution in [2.75, 3.05) is 13.7 Å². The van der Waals surface area contributed by atoms with E-state index in [2.05, 4.69) is 15.4 Å². The third-order valence-electron chi connectivity index (χ3n) is 3.73. The van der Waals surface area contributed by atoms with E-state index in [9.17, 15) is 13.6 Å². The van der Waals surface area contributed by atoms with Crippen molar-refractivity contribution in [2.45, 2.75) is 6.43 Å². The molecule has 0 aliphatic heterocycles. The average Bonchev–Trinajstić information content (AvgIpc) is 3.00. The molecule has 0 radical (unpaired) electrons. The van der Waals surface area contributed by atoms with Crippen molar-refractivity contribution in [3.05, 3.63) is 42.1 Å². The highest BCUT2D eigenvalue weighted by atomic mass is 19.3. The number of carbonyl (C=O) groups excluding carboxylic acids is 1. The Balaban J connectivity index is 2.11. The first-order valence-electron chi connectivity index (χ1n) is 7.53. The van der Waals surface area contributed by atoms with Crippen LogP contribution in [0.4, 0.5) is 8.78 Å². The van der Waals surface area contributed by atoms with Crippen LogP contribution >= 0.6 is 0 Å². The number of benzene rings is 1. The third kappa shape index (κ3) is 3.42. The minimum atomic E-state index is -2.62. The lowest BCUT2D eigenvalue weighted by Crippen LogP contribution is -2.28. The van der Waals surface area contributed by atoms with E-state index in [1.165, 1.54) is 10.9 Å². The molecule has 3 aromatic rings. The van der Waals surface area contributed by atoms with Gasteiger partial charge in [-0.2, -0.15) is 5.10 Å². The van der Waals surface area contributed by atoms with Crippen LogP contribution in [0.5, 0.6) is 5.75 Å². The zero-order valence-corrected chi connectivity index (χ0v) is 13.7. The van der Waals surface area contributed by atoms with Gasteiger partial charge in [0.2, 0.25) is 0 Å². The number of pyridine rings is 1. The van der Waals surface area contributed by atoms with Gasteiger partial charge in [-0.05, 0) is 18.2 Å². The maximum Gasteiger partial charge on any atom is 0.255 e. The van der Waals surface area contributed by atoms with E-state index < -0.39 is 18.9 Å². The lowest BCUT2D eigenvalue weighted by atomic mass is 10.1. The van der Waals surface area contributed by atoms with Gasteiger partial charge in [-0.25, -0.2) is 13.8 Å². The number of nitrogens with zero attached hydrogens (tertiary/aromatic N) is 3. The zero-order chi connectivity index (χ0) is 18.0. The fourth-order valence-corrected chi connectivity index (χ4v) is 2.50. The van der Waals surface area contributed by atoms with E-state index >= 15 is 0 Å². The maximum absolute atomic E-state index is 12.4. The Labute approximate surface area is 142 Å². The number of hydrogen-bond donors (Lipinski definition) is 1. The molecule has 0 unspecified atom stereocenters. The second kappa shape index (κ2) is 6.84. The number of aromatic nitrogens is 3. The van der Waals surface area contributed by atoms with Crippen molar-refractivity contribution in [3.8, 4) is 17.0 Å². The summed E-state index contributed by atoms with van der Waals surface area (Å²) in [5.74, 6) is 0.0537. The lowest BCUT2D eigenvalue weighted by molar-refractivity contribution is 0.0893. The number of methoxy groups -OCH3 is 1. The molecule has 0 aliphatic carbocycles. The van der Waals surface area contributed by atoms with Gasteiger partial charge in [0.15, 0.2) is 5.65 Å². The Morgan fingerprint density at radius 1 is 1.36 bits per heavy atom. The number of aryl methyl sites for hydroxylation is 1. The smallest absolute Gasteiger partial charge is 0.255 e. The van der Waals surface area contributed by atoms with E-state index in [1.807, 2.05) is 6.07 Å². The second-order valence-electron chi connectivity index (χ2n) is 5.39. The number of ether oxygens (including phenoxy) is 1. The van der Waals surface area contributed by atoms with Crippen molar-refractivity contribution in [3.63, 3.8) is 0 Å². The molecule has 0 aliphatic rings. The summed E-state index contributed by atoms with van der Waals surface area (Å²) in [7, 11) is 3.26. The van der Waals surface area contributed by atoms with Gasteiger partial charge in [-0.1, -0.05) is 12.1 Å². The molecule has 0 bridgehead atoms. The number of amides is 1. The summed E-state index contributed by atoms with van der Waals surface area (Å²) in [6.07, 6.45) is -1.12. The second-order valence-corrected chi connectivity index (χ2v) is 5.39. The Hall–Kier alpha value is -3.03.